The van der Waals surface area contributed by atoms with E-state index < -0.39 is 43.2 Å². The summed E-state index contributed by atoms with van der Waals surface area (Å²) in [4.78, 5) is 15.7. The van der Waals surface area contributed by atoms with Crippen LogP contribution in [0.1, 0.15) is 6.92 Å². The molecule has 5 unspecified atom stereocenters. The lowest BCUT2D eigenvalue weighted by Gasteiger charge is -2.42. The number of pyridine rings is 1. The number of hydrogen-bond donors (Lipinski definition) is 4. The van der Waals surface area contributed by atoms with Gasteiger partial charge in [-0.05, 0) is 12.1 Å². The molecule has 0 saturated carbocycles. The van der Waals surface area contributed by atoms with E-state index in [-0.39, 0.29) is 0 Å². The topological polar surface area (TPSA) is 121 Å². The van der Waals surface area contributed by atoms with Crippen molar-refractivity contribution in [3.05, 3.63) is 36.5 Å². The molecule has 3 rings (SSSR count). The van der Waals surface area contributed by atoms with E-state index in [0.717, 1.165) is 5.39 Å². The Bertz CT molecular complexity index is 750. The van der Waals surface area contributed by atoms with Crippen LogP contribution in [0.3, 0.4) is 0 Å². The fourth-order valence-corrected chi connectivity index (χ4v) is 2.87. The highest BCUT2D eigenvalue weighted by molar-refractivity contribution is 5.84. The van der Waals surface area contributed by atoms with Crippen LogP contribution in [0.2, 0.25) is 0 Å². The van der Waals surface area contributed by atoms with Crippen molar-refractivity contribution in [2.45, 2.75) is 37.6 Å². The molecule has 134 valence electrons. The van der Waals surface area contributed by atoms with Crippen molar-refractivity contribution in [3.63, 3.8) is 0 Å². The molecule has 8 nitrogen and oxygen atoms in total. The SMILES string of the molecule is CC(=O)NC1C(Oc2cccc3cccnc23)OC(CO)C(O)C1O. The average Bonchev–Trinajstić information content (AvgIpc) is 2.61. The second-order valence-electron chi connectivity index (χ2n) is 5.88. The van der Waals surface area contributed by atoms with Gasteiger partial charge in [0.1, 0.15) is 35.6 Å². The number of carbonyl (C=O) groups is 1. The van der Waals surface area contributed by atoms with E-state index in [1.54, 1.807) is 24.4 Å². The standard InChI is InChI=1S/C17H20N2O6/c1-9(21)19-14-16(23)15(22)12(8-20)25-17(14)24-11-6-2-4-10-5-3-7-18-13(10)11/h2-7,12,14-17,20,22-23H,8H2,1H3,(H,19,21). The van der Waals surface area contributed by atoms with Crippen molar-refractivity contribution >= 4 is 16.8 Å². The average molecular weight is 348 g/mol. The van der Waals surface area contributed by atoms with Gasteiger partial charge >= 0.3 is 0 Å². The molecule has 4 N–H and O–H groups in total. The van der Waals surface area contributed by atoms with Gasteiger partial charge < -0.3 is 30.1 Å². The first-order chi connectivity index (χ1) is 12.0. The zero-order valence-corrected chi connectivity index (χ0v) is 13.6. The summed E-state index contributed by atoms with van der Waals surface area (Å²) < 4.78 is 11.4. The van der Waals surface area contributed by atoms with Gasteiger partial charge in [0.15, 0.2) is 0 Å². The number of fused-ring (bicyclic) bond motifs is 1. The number of rotatable bonds is 4. The number of ether oxygens (including phenoxy) is 2. The van der Waals surface area contributed by atoms with Crippen LogP contribution in [0.15, 0.2) is 36.5 Å². The molecule has 2 aromatic rings. The third-order valence-corrected chi connectivity index (χ3v) is 4.09. The van der Waals surface area contributed by atoms with Gasteiger partial charge in [0, 0.05) is 18.5 Å². The first kappa shape index (κ1) is 17.6. The van der Waals surface area contributed by atoms with Crippen LogP contribution in [0.4, 0.5) is 0 Å². The molecule has 1 amide bonds. The van der Waals surface area contributed by atoms with Crippen molar-refractivity contribution in [1.29, 1.82) is 0 Å². The smallest absolute Gasteiger partial charge is 0.223 e. The first-order valence-electron chi connectivity index (χ1n) is 7.91. The molecule has 0 aliphatic carbocycles. The van der Waals surface area contributed by atoms with Crippen LogP contribution < -0.4 is 10.1 Å². The summed E-state index contributed by atoms with van der Waals surface area (Å²) in [6.07, 6.45) is -3.23. The van der Waals surface area contributed by atoms with Gasteiger partial charge in [-0.3, -0.25) is 9.78 Å². The number of nitrogens with zero attached hydrogens (tertiary/aromatic N) is 1. The van der Waals surface area contributed by atoms with Crippen LogP contribution in [-0.4, -0.2) is 63.5 Å². The summed E-state index contributed by atoms with van der Waals surface area (Å²) in [5.74, 6) is -0.00863. The van der Waals surface area contributed by atoms with E-state index in [4.69, 9.17) is 9.47 Å². The van der Waals surface area contributed by atoms with E-state index >= 15 is 0 Å². The Balaban J connectivity index is 1.92. The highest BCUT2D eigenvalue weighted by Crippen LogP contribution is 2.28. The molecule has 2 heterocycles. The predicted octanol–water partition coefficient (Wildman–Crippen LogP) is -0.443. The number of amides is 1. The van der Waals surface area contributed by atoms with Crippen molar-refractivity contribution < 1.29 is 29.6 Å². The van der Waals surface area contributed by atoms with Gasteiger partial charge in [0.2, 0.25) is 12.2 Å². The molecule has 1 aliphatic rings. The number of nitrogens with one attached hydrogen (secondary N) is 1. The summed E-state index contributed by atoms with van der Waals surface area (Å²) in [6.45, 7) is 0.784. The monoisotopic (exact) mass is 348 g/mol. The molecule has 1 saturated heterocycles. The molecule has 0 radical (unpaired) electrons. The quantitative estimate of drug-likeness (QED) is 0.591. The molecule has 0 spiro atoms. The minimum absolute atomic E-state index is 0.402. The van der Waals surface area contributed by atoms with Crippen LogP contribution in [-0.2, 0) is 9.53 Å². The predicted molar refractivity (Wildman–Crippen MR) is 87.7 cm³/mol. The largest absolute Gasteiger partial charge is 0.460 e. The van der Waals surface area contributed by atoms with Crippen LogP contribution >= 0.6 is 0 Å². The molecular formula is C17H20N2O6. The van der Waals surface area contributed by atoms with Gasteiger partial charge in [-0.25, -0.2) is 0 Å². The van der Waals surface area contributed by atoms with Gasteiger partial charge in [0.05, 0.1) is 6.61 Å². The van der Waals surface area contributed by atoms with Crippen LogP contribution in [0.25, 0.3) is 10.9 Å². The molecule has 25 heavy (non-hydrogen) atoms. The third kappa shape index (κ3) is 3.57. The molecule has 1 aromatic heterocycles. The van der Waals surface area contributed by atoms with Gasteiger partial charge in [-0.15, -0.1) is 0 Å². The van der Waals surface area contributed by atoms with Gasteiger partial charge in [0.25, 0.3) is 0 Å². The Hall–Kier alpha value is -2.26. The first-order valence-corrected chi connectivity index (χ1v) is 7.91. The maximum atomic E-state index is 11.4. The molecule has 5 atom stereocenters. The van der Waals surface area contributed by atoms with Crippen LogP contribution in [0, 0.1) is 0 Å². The van der Waals surface area contributed by atoms with E-state index in [9.17, 15) is 20.1 Å². The minimum atomic E-state index is -1.36. The summed E-state index contributed by atoms with van der Waals surface area (Å²) in [5, 5.41) is 33.0. The maximum absolute atomic E-state index is 11.4. The number of aromatic nitrogens is 1. The van der Waals surface area contributed by atoms with Crippen molar-refractivity contribution in [2.24, 2.45) is 0 Å². The molecule has 0 bridgehead atoms. The molecular weight excluding hydrogens is 328 g/mol. The lowest BCUT2D eigenvalue weighted by Crippen LogP contribution is -2.65. The lowest BCUT2D eigenvalue weighted by atomic mass is 9.97. The number of aliphatic hydroxyl groups is 3. The fourth-order valence-electron chi connectivity index (χ4n) is 2.87. The Labute approximate surface area is 144 Å². The van der Waals surface area contributed by atoms with Crippen molar-refractivity contribution in [1.82, 2.24) is 10.3 Å². The molecule has 1 aliphatic heterocycles. The number of benzene rings is 1. The number of aliphatic hydroxyl groups excluding tert-OH is 3. The number of para-hydroxylation sites is 1. The highest BCUT2D eigenvalue weighted by Gasteiger charge is 2.46. The van der Waals surface area contributed by atoms with E-state index in [1.165, 1.54) is 6.92 Å². The summed E-state index contributed by atoms with van der Waals surface area (Å²) >= 11 is 0. The Morgan fingerprint density at radius 3 is 2.76 bits per heavy atom. The molecule has 8 heteroatoms. The minimum Gasteiger partial charge on any atom is -0.460 e. The van der Waals surface area contributed by atoms with Crippen LogP contribution in [0.5, 0.6) is 5.75 Å². The third-order valence-electron chi connectivity index (χ3n) is 4.09. The Morgan fingerprint density at radius 2 is 2.04 bits per heavy atom. The summed E-state index contributed by atoms with van der Waals surface area (Å²) in [5.41, 5.74) is 0.594. The Kier molecular flexibility index (Phi) is 5.14. The lowest BCUT2D eigenvalue weighted by molar-refractivity contribution is -0.244. The molecule has 1 fully saturated rings. The number of hydrogen-bond acceptors (Lipinski definition) is 7. The Morgan fingerprint density at radius 1 is 1.28 bits per heavy atom. The summed E-state index contributed by atoms with van der Waals surface area (Å²) in [6, 6.07) is 8.01. The fraction of sp³-hybridized carbons (Fsp3) is 0.412. The van der Waals surface area contributed by atoms with Gasteiger partial charge in [-0.1, -0.05) is 18.2 Å². The zero-order chi connectivity index (χ0) is 18.0. The normalized spacial score (nSPS) is 29.4. The maximum Gasteiger partial charge on any atom is 0.223 e. The van der Waals surface area contributed by atoms with Gasteiger partial charge in [-0.2, -0.15) is 0 Å². The highest BCUT2D eigenvalue weighted by atomic mass is 16.7. The van der Waals surface area contributed by atoms with E-state index in [0.29, 0.717) is 11.3 Å². The van der Waals surface area contributed by atoms with E-state index in [2.05, 4.69) is 10.3 Å². The second kappa shape index (κ2) is 7.32. The number of carbonyl (C=O) groups excluding carboxylic acids is 1. The van der Waals surface area contributed by atoms with Crippen molar-refractivity contribution in [2.75, 3.05) is 6.61 Å². The zero-order valence-electron chi connectivity index (χ0n) is 13.6. The summed E-state index contributed by atoms with van der Waals surface area (Å²) in [7, 11) is 0. The second-order valence-corrected chi connectivity index (χ2v) is 5.88. The van der Waals surface area contributed by atoms with E-state index in [1.807, 2.05) is 12.1 Å². The van der Waals surface area contributed by atoms with Crippen molar-refractivity contribution in [3.8, 4) is 5.75 Å². The molecule has 1 aromatic carbocycles.